The molecule has 0 aliphatic rings. The van der Waals surface area contributed by atoms with Gasteiger partial charge in [0, 0.05) is 6.42 Å². The van der Waals surface area contributed by atoms with Crippen molar-refractivity contribution in [2.45, 2.75) is 24.5 Å². The highest BCUT2D eigenvalue weighted by Crippen LogP contribution is 2.33. The maximum atomic E-state index is 10.5. The molecule has 0 saturated heterocycles. The van der Waals surface area contributed by atoms with Crippen LogP contribution in [0.15, 0.2) is 37.0 Å². The summed E-state index contributed by atoms with van der Waals surface area (Å²) in [7, 11) is 0. The average Bonchev–Trinajstić information content (AvgIpc) is 2.33. The van der Waals surface area contributed by atoms with E-state index in [0.29, 0.717) is 9.77 Å². The summed E-state index contributed by atoms with van der Waals surface area (Å²) in [6.07, 6.45) is 5.06. The van der Waals surface area contributed by atoms with Crippen LogP contribution in [0.25, 0.3) is 0 Å². The number of hydrogen-bond acceptors (Lipinski definition) is 4. The molecule has 0 aromatic carbocycles. The van der Waals surface area contributed by atoms with Crippen LogP contribution >= 0.6 is 24.0 Å². The van der Waals surface area contributed by atoms with Gasteiger partial charge < -0.3 is 5.11 Å². The maximum absolute atomic E-state index is 10.5. The van der Waals surface area contributed by atoms with Gasteiger partial charge in [-0.3, -0.25) is 4.79 Å². The molecule has 18 heavy (non-hydrogen) atoms. The molecular weight excluding hydrogens is 266 g/mol. The molecule has 96 valence electrons. The third-order valence-electron chi connectivity index (χ3n) is 2.12. The third kappa shape index (κ3) is 5.80. The summed E-state index contributed by atoms with van der Waals surface area (Å²) in [6.45, 7) is 8.89. The van der Waals surface area contributed by atoms with Gasteiger partial charge in [0.05, 0.1) is 10.3 Å². The summed E-state index contributed by atoms with van der Waals surface area (Å²) in [4.78, 5) is 10.5. The van der Waals surface area contributed by atoms with E-state index in [-0.39, 0.29) is 12.8 Å². The summed E-state index contributed by atoms with van der Waals surface area (Å²) in [6, 6.07) is 2.11. The molecule has 1 unspecified atom stereocenters. The molecule has 1 atom stereocenters. The molecule has 0 radical (unpaired) electrons. The van der Waals surface area contributed by atoms with Gasteiger partial charge in [-0.05, 0) is 18.9 Å². The van der Waals surface area contributed by atoms with E-state index in [0.717, 1.165) is 0 Å². The highest BCUT2D eigenvalue weighted by Gasteiger charge is 2.28. The second kappa shape index (κ2) is 7.85. The Labute approximate surface area is 117 Å². The minimum Gasteiger partial charge on any atom is -0.481 e. The van der Waals surface area contributed by atoms with Crippen LogP contribution in [-0.2, 0) is 4.79 Å². The summed E-state index contributed by atoms with van der Waals surface area (Å²) in [5, 5.41) is 17.8. The van der Waals surface area contributed by atoms with E-state index in [1.54, 1.807) is 25.2 Å². The van der Waals surface area contributed by atoms with E-state index >= 15 is 0 Å². The van der Waals surface area contributed by atoms with Gasteiger partial charge in [-0.25, -0.2) is 0 Å². The Morgan fingerprint density at radius 2 is 2.22 bits per heavy atom. The molecule has 0 amide bonds. The van der Waals surface area contributed by atoms with Crippen LogP contribution < -0.4 is 0 Å². The number of carbonyl (C=O) groups is 1. The van der Waals surface area contributed by atoms with Crippen LogP contribution in [0, 0.1) is 11.3 Å². The highest BCUT2D eigenvalue weighted by molar-refractivity contribution is 8.24. The lowest BCUT2D eigenvalue weighted by Crippen LogP contribution is -2.21. The molecule has 0 aliphatic carbocycles. The Morgan fingerprint density at radius 3 is 2.61 bits per heavy atom. The number of nitrogens with zero attached hydrogens (tertiary/aromatic N) is 1. The van der Waals surface area contributed by atoms with Gasteiger partial charge in [-0.2, -0.15) is 5.26 Å². The summed E-state index contributed by atoms with van der Waals surface area (Å²) < 4.78 is -0.335. The third-order valence-corrected chi connectivity index (χ3v) is 3.78. The molecule has 0 rings (SSSR count). The van der Waals surface area contributed by atoms with Crippen molar-refractivity contribution < 1.29 is 9.90 Å². The van der Waals surface area contributed by atoms with Gasteiger partial charge in [0.1, 0.15) is 4.75 Å². The highest BCUT2D eigenvalue weighted by atomic mass is 32.2. The van der Waals surface area contributed by atoms with Crippen molar-refractivity contribution in [1.82, 2.24) is 0 Å². The molecule has 0 saturated carbocycles. The summed E-state index contributed by atoms with van der Waals surface area (Å²) in [5.74, 6) is -0.923. The van der Waals surface area contributed by atoms with Gasteiger partial charge >= 0.3 is 5.97 Å². The predicted molar refractivity (Wildman–Crippen MR) is 79.6 cm³/mol. The Bertz CT molecular complexity index is 435. The molecule has 0 aliphatic heterocycles. The molecular formula is C13H15NO2S2. The zero-order valence-electron chi connectivity index (χ0n) is 10.2. The second-order valence-electron chi connectivity index (χ2n) is 3.69. The van der Waals surface area contributed by atoms with Crippen molar-refractivity contribution in [3.63, 3.8) is 0 Å². The monoisotopic (exact) mass is 281 g/mol. The van der Waals surface area contributed by atoms with Crippen molar-refractivity contribution in [3.05, 3.63) is 37.0 Å². The zero-order valence-corrected chi connectivity index (χ0v) is 11.8. The number of allylic oxidation sites excluding steroid dienone is 3. The van der Waals surface area contributed by atoms with E-state index in [4.69, 9.17) is 22.6 Å². The molecule has 0 aromatic rings. The van der Waals surface area contributed by atoms with E-state index in [2.05, 4.69) is 19.2 Å². The van der Waals surface area contributed by atoms with Crippen LogP contribution in [0.5, 0.6) is 0 Å². The van der Waals surface area contributed by atoms with Gasteiger partial charge in [0.15, 0.2) is 0 Å². The molecule has 0 fully saturated rings. The minimum absolute atomic E-state index is 0.0612. The maximum Gasteiger partial charge on any atom is 0.303 e. The zero-order chi connectivity index (χ0) is 14.2. The molecule has 0 spiro atoms. The first-order valence-corrected chi connectivity index (χ1v) is 6.42. The van der Waals surface area contributed by atoms with Gasteiger partial charge in [-0.15, -0.1) is 0 Å². The number of hydrogen-bond donors (Lipinski definition) is 1. The average molecular weight is 281 g/mol. The van der Waals surface area contributed by atoms with E-state index < -0.39 is 10.7 Å². The van der Waals surface area contributed by atoms with Crippen LogP contribution in [0.2, 0.25) is 0 Å². The van der Waals surface area contributed by atoms with Crippen molar-refractivity contribution in [1.29, 1.82) is 5.26 Å². The SMILES string of the molecule is C=C/C=C(\C=C)C(=S)SC(C)(C#N)CCC(=O)O. The van der Waals surface area contributed by atoms with Crippen LogP contribution in [0.3, 0.4) is 0 Å². The smallest absolute Gasteiger partial charge is 0.303 e. The van der Waals surface area contributed by atoms with E-state index in [9.17, 15) is 4.79 Å². The number of rotatable bonds is 7. The summed E-state index contributed by atoms with van der Waals surface area (Å²) in [5.41, 5.74) is 0.710. The molecule has 1 N–H and O–H groups in total. The molecule has 0 bridgehead atoms. The first-order valence-electron chi connectivity index (χ1n) is 5.20. The summed E-state index contributed by atoms with van der Waals surface area (Å²) >= 11 is 6.39. The normalized spacial score (nSPS) is 14.1. The van der Waals surface area contributed by atoms with Crippen LogP contribution in [-0.4, -0.2) is 20.0 Å². The van der Waals surface area contributed by atoms with Crippen LogP contribution in [0.4, 0.5) is 0 Å². The fourth-order valence-corrected chi connectivity index (χ4v) is 2.72. The van der Waals surface area contributed by atoms with Gasteiger partial charge in [0.2, 0.25) is 0 Å². The largest absolute Gasteiger partial charge is 0.481 e. The Balaban J connectivity index is 4.82. The number of thioether (sulfide) groups is 1. The molecule has 0 aromatic heterocycles. The Hall–Kier alpha value is -1.38. The van der Waals surface area contributed by atoms with Crippen molar-refractivity contribution in [2.75, 3.05) is 0 Å². The van der Waals surface area contributed by atoms with E-state index in [1.807, 2.05) is 0 Å². The van der Waals surface area contributed by atoms with Crippen molar-refractivity contribution in [3.8, 4) is 6.07 Å². The first-order chi connectivity index (χ1) is 8.38. The van der Waals surface area contributed by atoms with Gasteiger partial charge in [0.25, 0.3) is 0 Å². The Morgan fingerprint density at radius 1 is 1.61 bits per heavy atom. The predicted octanol–water partition coefficient (Wildman–Crippen LogP) is 3.49. The number of nitriles is 1. The number of carboxylic acid groups (broad SMARTS) is 1. The fraction of sp³-hybridized carbons (Fsp3) is 0.308. The minimum atomic E-state index is -0.923. The van der Waals surface area contributed by atoms with Crippen molar-refractivity contribution >= 4 is 34.1 Å². The lowest BCUT2D eigenvalue weighted by atomic mass is 10.1. The number of thiocarbonyl (C=S) groups is 1. The second-order valence-corrected chi connectivity index (χ2v) is 5.87. The van der Waals surface area contributed by atoms with Crippen LogP contribution in [0.1, 0.15) is 19.8 Å². The quantitative estimate of drug-likeness (QED) is 0.440. The molecule has 0 heterocycles. The van der Waals surface area contributed by atoms with Gasteiger partial charge in [-0.1, -0.05) is 55.4 Å². The Kier molecular flexibility index (Phi) is 7.25. The molecule has 5 heteroatoms. The number of carboxylic acids is 1. The molecule has 3 nitrogen and oxygen atoms in total. The lowest BCUT2D eigenvalue weighted by molar-refractivity contribution is -0.137. The lowest BCUT2D eigenvalue weighted by Gasteiger charge is -2.20. The van der Waals surface area contributed by atoms with Crippen molar-refractivity contribution in [2.24, 2.45) is 0 Å². The standard InChI is InChI=1S/C13H15NO2S2/c1-4-6-10(5-2)12(17)18-13(3,9-14)8-7-11(15)16/h4-6H,1-2,7-8H2,3H3,(H,15,16)/b10-6+. The van der Waals surface area contributed by atoms with E-state index in [1.165, 1.54) is 11.8 Å². The first kappa shape index (κ1) is 16.6. The fourth-order valence-electron chi connectivity index (χ4n) is 1.09. The topological polar surface area (TPSA) is 61.1 Å². The number of aliphatic carboxylic acids is 1.